The maximum atomic E-state index is 11.5. The highest BCUT2D eigenvalue weighted by molar-refractivity contribution is 5.91. The predicted octanol–water partition coefficient (Wildman–Crippen LogP) is 0.473. The molecule has 0 atom stereocenters. The fourth-order valence-electron chi connectivity index (χ4n) is 1.33. The molecule has 2 N–H and O–H groups in total. The molecule has 6 nitrogen and oxygen atoms in total. The van der Waals surface area contributed by atoms with E-state index in [4.69, 9.17) is 0 Å². The van der Waals surface area contributed by atoms with Crippen LogP contribution in [0.5, 0.6) is 0 Å². The Balaban J connectivity index is 1.85. The number of rotatable bonds is 4. The summed E-state index contributed by atoms with van der Waals surface area (Å²) in [6.45, 7) is 0.439. The molecular weight excluding hydrogens is 218 g/mol. The third kappa shape index (κ3) is 3.04. The fourth-order valence-corrected chi connectivity index (χ4v) is 1.33. The van der Waals surface area contributed by atoms with E-state index >= 15 is 0 Å². The zero-order valence-corrected chi connectivity index (χ0v) is 9.42. The normalized spacial score (nSPS) is 10.9. The molecule has 0 radical (unpaired) electrons. The van der Waals surface area contributed by atoms with E-state index < -0.39 is 0 Å². The molecule has 88 valence electrons. The zero-order chi connectivity index (χ0) is 12.1. The van der Waals surface area contributed by atoms with Gasteiger partial charge in [0.25, 0.3) is 0 Å². The van der Waals surface area contributed by atoms with E-state index in [1.807, 2.05) is 19.2 Å². The molecule has 17 heavy (non-hydrogen) atoms. The molecule has 0 spiro atoms. The van der Waals surface area contributed by atoms with Gasteiger partial charge in [-0.25, -0.2) is 0 Å². The number of H-pyrrole nitrogens is 1. The summed E-state index contributed by atoms with van der Waals surface area (Å²) in [5, 5.41) is 13.3. The first-order valence-corrected chi connectivity index (χ1v) is 5.18. The van der Waals surface area contributed by atoms with Crippen molar-refractivity contribution in [1.82, 2.24) is 25.3 Å². The molecule has 0 aromatic carbocycles. The van der Waals surface area contributed by atoms with Gasteiger partial charge in [0.1, 0.15) is 0 Å². The Morgan fingerprint density at radius 1 is 1.53 bits per heavy atom. The summed E-state index contributed by atoms with van der Waals surface area (Å²) in [5.74, 6) is -0.152. The molecule has 0 aliphatic carbocycles. The van der Waals surface area contributed by atoms with Gasteiger partial charge in [-0.15, -0.1) is 0 Å². The van der Waals surface area contributed by atoms with E-state index in [1.165, 1.54) is 6.08 Å². The average molecular weight is 231 g/mol. The first-order chi connectivity index (χ1) is 8.25. The Labute approximate surface area is 98.3 Å². The number of nitrogens with zero attached hydrogens (tertiary/aromatic N) is 3. The Hall–Kier alpha value is -2.37. The summed E-state index contributed by atoms with van der Waals surface area (Å²) < 4.78 is 1.69. The van der Waals surface area contributed by atoms with Crippen molar-refractivity contribution in [3.63, 3.8) is 0 Å². The molecule has 0 saturated carbocycles. The average Bonchev–Trinajstić information content (AvgIpc) is 2.95. The van der Waals surface area contributed by atoms with Gasteiger partial charge in [-0.3, -0.25) is 14.6 Å². The topological polar surface area (TPSA) is 75.6 Å². The van der Waals surface area contributed by atoms with E-state index in [1.54, 1.807) is 23.2 Å². The van der Waals surface area contributed by atoms with Gasteiger partial charge >= 0.3 is 0 Å². The van der Waals surface area contributed by atoms with Crippen LogP contribution in [0, 0.1) is 0 Å². The maximum Gasteiger partial charge on any atom is 0.244 e. The van der Waals surface area contributed by atoms with Crippen LogP contribution in [0.1, 0.15) is 11.4 Å². The minimum absolute atomic E-state index is 0.152. The van der Waals surface area contributed by atoms with Crippen LogP contribution in [0.2, 0.25) is 0 Å². The van der Waals surface area contributed by atoms with Crippen molar-refractivity contribution in [2.75, 3.05) is 0 Å². The van der Waals surface area contributed by atoms with E-state index in [-0.39, 0.29) is 5.91 Å². The smallest absolute Gasteiger partial charge is 0.244 e. The van der Waals surface area contributed by atoms with Crippen LogP contribution in [0.15, 0.2) is 30.6 Å². The zero-order valence-electron chi connectivity index (χ0n) is 9.42. The van der Waals surface area contributed by atoms with Gasteiger partial charge in [-0.05, 0) is 18.2 Å². The molecule has 6 heteroatoms. The van der Waals surface area contributed by atoms with Crippen LogP contribution in [0.3, 0.4) is 0 Å². The number of hydrogen-bond donors (Lipinski definition) is 2. The monoisotopic (exact) mass is 231 g/mol. The van der Waals surface area contributed by atoms with Gasteiger partial charge in [0.05, 0.1) is 17.9 Å². The SMILES string of the molecule is Cn1nccc1/C=C/C(=O)NCc1ccn[nH]1. The second-order valence-electron chi connectivity index (χ2n) is 3.51. The van der Waals surface area contributed by atoms with Crippen molar-refractivity contribution in [3.8, 4) is 0 Å². The molecule has 2 rings (SSSR count). The molecule has 2 aromatic rings. The molecule has 0 unspecified atom stereocenters. The summed E-state index contributed by atoms with van der Waals surface area (Å²) in [4.78, 5) is 11.5. The highest BCUT2D eigenvalue weighted by Gasteiger charge is 1.98. The summed E-state index contributed by atoms with van der Waals surface area (Å²) in [6, 6.07) is 3.64. The number of aromatic nitrogens is 4. The number of aryl methyl sites for hydroxylation is 1. The third-order valence-electron chi connectivity index (χ3n) is 2.28. The van der Waals surface area contributed by atoms with Crippen molar-refractivity contribution in [1.29, 1.82) is 0 Å². The molecule has 2 aromatic heterocycles. The van der Waals surface area contributed by atoms with Crippen LogP contribution in [-0.2, 0) is 18.4 Å². The molecule has 0 aliphatic heterocycles. The van der Waals surface area contributed by atoms with Gasteiger partial charge < -0.3 is 5.32 Å². The third-order valence-corrected chi connectivity index (χ3v) is 2.28. The fraction of sp³-hybridized carbons (Fsp3) is 0.182. The lowest BCUT2D eigenvalue weighted by atomic mass is 10.3. The number of carbonyl (C=O) groups excluding carboxylic acids is 1. The quantitative estimate of drug-likeness (QED) is 0.751. The van der Waals surface area contributed by atoms with Crippen LogP contribution < -0.4 is 5.32 Å². The largest absolute Gasteiger partial charge is 0.347 e. The lowest BCUT2D eigenvalue weighted by Gasteiger charge is -1.98. The van der Waals surface area contributed by atoms with Gasteiger partial charge in [-0.2, -0.15) is 10.2 Å². The number of aromatic amines is 1. The first kappa shape index (κ1) is 11.1. The predicted molar refractivity (Wildman–Crippen MR) is 62.7 cm³/mol. The number of amides is 1. The lowest BCUT2D eigenvalue weighted by molar-refractivity contribution is -0.116. The van der Waals surface area contributed by atoms with Crippen LogP contribution in [-0.4, -0.2) is 25.9 Å². The van der Waals surface area contributed by atoms with E-state index in [2.05, 4.69) is 20.6 Å². The van der Waals surface area contributed by atoms with Crippen molar-refractivity contribution >= 4 is 12.0 Å². The molecule has 1 amide bonds. The van der Waals surface area contributed by atoms with E-state index in [0.717, 1.165) is 11.4 Å². The Kier molecular flexibility index (Phi) is 3.34. The van der Waals surface area contributed by atoms with Crippen molar-refractivity contribution in [2.45, 2.75) is 6.54 Å². The van der Waals surface area contributed by atoms with Gasteiger partial charge in [-0.1, -0.05) is 0 Å². The summed E-state index contributed by atoms with van der Waals surface area (Å²) >= 11 is 0. The maximum absolute atomic E-state index is 11.5. The second-order valence-corrected chi connectivity index (χ2v) is 3.51. The Morgan fingerprint density at radius 2 is 2.41 bits per heavy atom. The van der Waals surface area contributed by atoms with Crippen LogP contribution in [0.25, 0.3) is 6.08 Å². The molecule has 0 fully saturated rings. The van der Waals surface area contributed by atoms with Gasteiger partial charge in [0, 0.05) is 25.5 Å². The van der Waals surface area contributed by atoms with Crippen molar-refractivity contribution < 1.29 is 4.79 Å². The summed E-state index contributed by atoms with van der Waals surface area (Å²) in [5.41, 5.74) is 1.74. The van der Waals surface area contributed by atoms with E-state index in [9.17, 15) is 4.79 Å². The minimum Gasteiger partial charge on any atom is -0.347 e. The highest BCUT2D eigenvalue weighted by Crippen LogP contribution is 1.98. The van der Waals surface area contributed by atoms with Gasteiger partial charge in [0.15, 0.2) is 0 Å². The second kappa shape index (κ2) is 5.11. The molecular formula is C11H13N5O. The highest BCUT2D eigenvalue weighted by atomic mass is 16.1. The van der Waals surface area contributed by atoms with Gasteiger partial charge in [0.2, 0.25) is 5.91 Å². The first-order valence-electron chi connectivity index (χ1n) is 5.18. The number of carbonyl (C=O) groups is 1. The van der Waals surface area contributed by atoms with Crippen LogP contribution in [0.4, 0.5) is 0 Å². The van der Waals surface area contributed by atoms with Crippen LogP contribution >= 0.6 is 0 Å². The van der Waals surface area contributed by atoms with E-state index in [0.29, 0.717) is 6.54 Å². The van der Waals surface area contributed by atoms with Crippen molar-refractivity contribution in [2.24, 2.45) is 7.05 Å². The molecule has 0 bridgehead atoms. The number of nitrogens with one attached hydrogen (secondary N) is 2. The molecule has 2 heterocycles. The van der Waals surface area contributed by atoms with Crippen molar-refractivity contribution in [3.05, 3.63) is 42.0 Å². The molecule has 0 saturated heterocycles. The standard InChI is InChI=1S/C11H13N5O/c1-16-10(5-7-14-16)2-3-11(17)12-8-9-4-6-13-15-9/h2-7H,8H2,1H3,(H,12,17)(H,13,15)/b3-2+. The Morgan fingerprint density at radius 3 is 3.06 bits per heavy atom. The molecule has 0 aliphatic rings. The lowest BCUT2D eigenvalue weighted by Crippen LogP contribution is -2.20. The summed E-state index contributed by atoms with van der Waals surface area (Å²) in [7, 11) is 1.82. The summed E-state index contributed by atoms with van der Waals surface area (Å²) in [6.07, 6.45) is 6.53. The minimum atomic E-state index is -0.152. The Bertz CT molecular complexity index is 512. The number of hydrogen-bond acceptors (Lipinski definition) is 3.